The average molecular weight is 436 g/mol. The van der Waals surface area contributed by atoms with E-state index in [2.05, 4.69) is 10.4 Å². The van der Waals surface area contributed by atoms with Crippen molar-refractivity contribution in [1.82, 2.24) is 15.1 Å². The van der Waals surface area contributed by atoms with Crippen LogP contribution in [-0.2, 0) is 13.2 Å². The van der Waals surface area contributed by atoms with Gasteiger partial charge in [-0.05, 0) is 63.1 Å². The highest BCUT2D eigenvalue weighted by atomic mass is 35.5. The van der Waals surface area contributed by atoms with Gasteiger partial charge in [0, 0.05) is 18.1 Å². The lowest BCUT2D eigenvalue weighted by Gasteiger charge is -2.06. The van der Waals surface area contributed by atoms with E-state index >= 15 is 0 Å². The third-order valence-corrected chi connectivity index (χ3v) is 5.49. The summed E-state index contributed by atoms with van der Waals surface area (Å²) >= 11 is 12.2. The summed E-state index contributed by atoms with van der Waals surface area (Å²) in [4.78, 5) is 12.2. The maximum Gasteiger partial charge on any atom is 0.286 e. The quantitative estimate of drug-likeness (QED) is 0.499. The number of aromatic nitrogens is 2. The Hall–Kier alpha value is -2.44. The second kappa shape index (κ2) is 9.37. The lowest BCUT2D eigenvalue weighted by Crippen LogP contribution is -2.25. The van der Waals surface area contributed by atoms with Crippen molar-refractivity contribution in [1.29, 1.82) is 0 Å². The zero-order valence-corrected chi connectivity index (χ0v) is 18.1. The maximum atomic E-state index is 12.2. The molecule has 0 aliphatic heterocycles. The molecule has 3 aromatic rings. The van der Waals surface area contributed by atoms with Gasteiger partial charge < -0.3 is 14.5 Å². The molecule has 3 rings (SSSR count). The fraction of sp³-hybridized carbons (Fsp3) is 0.333. The van der Waals surface area contributed by atoms with Crippen LogP contribution in [0.1, 0.15) is 39.7 Å². The van der Waals surface area contributed by atoms with E-state index in [1.807, 2.05) is 31.5 Å². The number of hydrogen-bond donors (Lipinski definition) is 1. The van der Waals surface area contributed by atoms with Gasteiger partial charge in [-0.3, -0.25) is 9.48 Å². The third kappa shape index (κ3) is 5.34. The number of furan rings is 1. The molecule has 0 saturated heterocycles. The molecule has 0 unspecified atom stereocenters. The van der Waals surface area contributed by atoms with Crippen molar-refractivity contribution in [2.75, 3.05) is 6.54 Å². The van der Waals surface area contributed by atoms with E-state index in [0.717, 1.165) is 23.4 Å². The van der Waals surface area contributed by atoms with Gasteiger partial charge in [-0.2, -0.15) is 5.10 Å². The molecule has 1 amide bonds. The van der Waals surface area contributed by atoms with Gasteiger partial charge in [0.25, 0.3) is 5.91 Å². The van der Waals surface area contributed by atoms with E-state index in [4.69, 9.17) is 32.4 Å². The van der Waals surface area contributed by atoms with Crippen LogP contribution >= 0.6 is 23.2 Å². The summed E-state index contributed by atoms with van der Waals surface area (Å²) in [5.41, 5.74) is 2.68. The predicted octanol–water partition coefficient (Wildman–Crippen LogP) is 5.11. The van der Waals surface area contributed by atoms with E-state index in [-0.39, 0.29) is 18.3 Å². The molecule has 2 aromatic heterocycles. The number of halogens is 2. The molecule has 0 bridgehead atoms. The van der Waals surface area contributed by atoms with E-state index < -0.39 is 0 Å². The van der Waals surface area contributed by atoms with Crippen molar-refractivity contribution in [3.05, 3.63) is 68.8 Å². The summed E-state index contributed by atoms with van der Waals surface area (Å²) in [6.07, 6.45) is 0.733. The molecule has 1 N–H and O–H groups in total. The van der Waals surface area contributed by atoms with Crippen LogP contribution in [0, 0.1) is 20.8 Å². The van der Waals surface area contributed by atoms with Crippen LogP contribution in [0.15, 0.2) is 34.7 Å². The lowest BCUT2D eigenvalue weighted by atomic mass is 10.2. The number of hydrogen-bond acceptors (Lipinski definition) is 4. The summed E-state index contributed by atoms with van der Waals surface area (Å²) in [5, 5.41) is 8.60. The molecule has 0 spiro atoms. The van der Waals surface area contributed by atoms with Crippen molar-refractivity contribution in [2.24, 2.45) is 0 Å². The molecule has 0 atom stereocenters. The number of nitrogens with zero attached hydrogens (tertiary/aromatic N) is 2. The first kappa shape index (κ1) is 21.3. The Morgan fingerprint density at radius 2 is 2.00 bits per heavy atom. The highest BCUT2D eigenvalue weighted by Gasteiger charge is 2.12. The van der Waals surface area contributed by atoms with E-state index in [9.17, 15) is 4.79 Å². The Labute approximate surface area is 179 Å². The number of ether oxygens (including phenoxy) is 1. The van der Waals surface area contributed by atoms with Gasteiger partial charge in [0.15, 0.2) is 5.76 Å². The molecular formula is C21H23Cl2N3O3. The summed E-state index contributed by atoms with van der Waals surface area (Å²) in [7, 11) is 0. The van der Waals surface area contributed by atoms with Crippen LogP contribution in [-0.4, -0.2) is 22.2 Å². The Bertz CT molecular complexity index is 1010. The zero-order chi connectivity index (χ0) is 21.0. The lowest BCUT2D eigenvalue weighted by molar-refractivity contribution is 0.0921. The molecule has 2 heterocycles. The van der Waals surface area contributed by atoms with Crippen molar-refractivity contribution < 1.29 is 13.9 Å². The van der Waals surface area contributed by atoms with Gasteiger partial charge in [-0.15, -0.1) is 0 Å². The molecular weight excluding hydrogens is 413 g/mol. The summed E-state index contributed by atoms with van der Waals surface area (Å²) in [6.45, 7) is 7.13. The van der Waals surface area contributed by atoms with Crippen LogP contribution in [0.5, 0.6) is 5.75 Å². The van der Waals surface area contributed by atoms with Crippen molar-refractivity contribution in [3.63, 3.8) is 0 Å². The Balaban J connectivity index is 1.45. The minimum absolute atomic E-state index is 0.229. The Morgan fingerprint density at radius 3 is 2.69 bits per heavy atom. The molecule has 0 aliphatic rings. The number of rotatable bonds is 8. The molecule has 8 heteroatoms. The summed E-state index contributed by atoms with van der Waals surface area (Å²) in [5.74, 6) is 1.26. The van der Waals surface area contributed by atoms with E-state index in [1.54, 1.807) is 24.3 Å². The minimum atomic E-state index is -0.259. The third-order valence-electron chi connectivity index (χ3n) is 4.52. The van der Waals surface area contributed by atoms with Crippen LogP contribution < -0.4 is 10.1 Å². The predicted molar refractivity (Wildman–Crippen MR) is 113 cm³/mol. The van der Waals surface area contributed by atoms with Crippen LogP contribution in [0.4, 0.5) is 0 Å². The highest BCUT2D eigenvalue weighted by Crippen LogP contribution is 2.22. The molecule has 154 valence electrons. The van der Waals surface area contributed by atoms with Crippen LogP contribution in [0.2, 0.25) is 10.0 Å². The number of carbonyl (C=O) groups excluding carboxylic acids is 1. The van der Waals surface area contributed by atoms with Crippen molar-refractivity contribution >= 4 is 29.1 Å². The molecule has 29 heavy (non-hydrogen) atoms. The first-order valence-corrected chi connectivity index (χ1v) is 10.1. The first-order valence-electron chi connectivity index (χ1n) is 9.30. The molecule has 0 saturated carbocycles. The maximum absolute atomic E-state index is 12.2. The second-order valence-corrected chi connectivity index (χ2v) is 7.57. The molecule has 0 fully saturated rings. The summed E-state index contributed by atoms with van der Waals surface area (Å²) < 4.78 is 13.1. The monoisotopic (exact) mass is 435 g/mol. The largest absolute Gasteiger partial charge is 0.486 e. The number of aryl methyl sites for hydroxylation is 3. The fourth-order valence-electron chi connectivity index (χ4n) is 2.85. The normalized spacial score (nSPS) is 10.9. The van der Waals surface area contributed by atoms with E-state index in [1.165, 1.54) is 0 Å². The van der Waals surface area contributed by atoms with Gasteiger partial charge in [0.05, 0.1) is 16.4 Å². The van der Waals surface area contributed by atoms with Crippen LogP contribution in [0.3, 0.4) is 0 Å². The van der Waals surface area contributed by atoms with Gasteiger partial charge in [-0.1, -0.05) is 23.2 Å². The zero-order valence-electron chi connectivity index (χ0n) is 16.6. The number of carbonyl (C=O) groups is 1. The molecule has 6 nitrogen and oxygen atoms in total. The number of benzene rings is 1. The topological polar surface area (TPSA) is 69.3 Å². The van der Waals surface area contributed by atoms with Gasteiger partial charge >= 0.3 is 0 Å². The van der Waals surface area contributed by atoms with Crippen molar-refractivity contribution in [3.8, 4) is 5.75 Å². The minimum Gasteiger partial charge on any atom is -0.486 e. The first-order chi connectivity index (χ1) is 13.8. The average Bonchev–Trinajstić information content (AvgIpc) is 3.27. The van der Waals surface area contributed by atoms with E-state index in [0.29, 0.717) is 34.6 Å². The standard InChI is InChI=1S/C21H23Cl2N3O3/c1-13-11-16(5-7-18(13)22)28-12-17-6-8-19(29-17)21(27)24-9-4-10-26-15(3)20(23)14(2)25-26/h5-8,11H,4,9-10,12H2,1-3H3,(H,24,27). The SMILES string of the molecule is Cc1cc(OCc2ccc(C(=O)NCCCn3nc(C)c(Cl)c3C)o2)ccc1Cl. The summed E-state index contributed by atoms with van der Waals surface area (Å²) in [6, 6.07) is 8.81. The smallest absolute Gasteiger partial charge is 0.286 e. The number of nitrogens with one attached hydrogen (secondary N) is 1. The van der Waals surface area contributed by atoms with Crippen LogP contribution in [0.25, 0.3) is 0 Å². The molecule has 0 aliphatic carbocycles. The van der Waals surface area contributed by atoms with Gasteiger partial charge in [-0.25, -0.2) is 0 Å². The second-order valence-electron chi connectivity index (χ2n) is 6.78. The molecule has 1 aromatic carbocycles. The number of amides is 1. The van der Waals surface area contributed by atoms with Crippen molar-refractivity contribution in [2.45, 2.75) is 40.3 Å². The molecule has 0 radical (unpaired) electrons. The fourth-order valence-corrected chi connectivity index (χ4v) is 3.10. The van der Waals surface area contributed by atoms with Gasteiger partial charge in [0.2, 0.25) is 0 Å². The Kier molecular flexibility index (Phi) is 6.87. The Morgan fingerprint density at radius 1 is 1.21 bits per heavy atom. The highest BCUT2D eigenvalue weighted by molar-refractivity contribution is 6.32. The van der Waals surface area contributed by atoms with Gasteiger partial charge in [0.1, 0.15) is 18.1 Å².